The highest BCUT2D eigenvalue weighted by molar-refractivity contribution is 9.10. The molecule has 0 fully saturated rings. The highest BCUT2D eigenvalue weighted by Gasteiger charge is 2.14. The molecule has 0 radical (unpaired) electrons. The van der Waals surface area contributed by atoms with E-state index in [1.54, 1.807) is 0 Å². The van der Waals surface area contributed by atoms with Crippen molar-refractivity contribution in [1.82, 2.24) is 5.32 Å². The maximum absolute atomic E-state index is 3.56. The molecular formula is C18H22BrN. The molecule has 2 heteroatoms. The van der Waals surface area contributed by atoms with E-state index in [2.05, 4.69) is 83.6 Å². The Kier molecular flexibility index (Phi) is 5.81. The lowest BCUT2D eigenvalue weighted by Crippen LogP contribution is -2.23. The second-order valence-electron chi connectivity index (χ2n) is 5.20. The molecule has 2 rings (SSSR count). The van der Waals surface area contributed by atoms with Gasteiger partial charge in [-0.15, -0.1) is 0 Å². The third-order valence-electron chi connectivity index (χ3n) is 3.64. The summed E-state index contributed by atoms with van der Waals surface area (Å²) in [6.07, 6.45) is 1.07. The molecule has 2 aromatic carbocycles. The number of halogens is 1. The van der Waals surface area contributed by atoms with Crippen LogP contribution in [0.25, 0.3) is 0 Å². The van der Waals surface area contributed by atoms with E-state index in [1.165, 1.54) is 16.7 Å². The molecule has 0 aromatic heterocycles. The van der Waals surface area contributed by atoms with Gasteiger partial charge in [-0.2, -0.15) is 0 Å². The lowest BCUT2D eigenvalue weighted by Gasteiger charge is -2.20. The molecule has 0 heterocycles. The average Bonchev–Trinajstić information content (AvgIpc) is 2.44. The maximum Gasteiger partial charge on any atom is 0.0177 e. The first-order valence-corrected chi connectivity index (χ1v) is 8.00. The van der Waals surface area contributed by atoms with E-state index in [-0.39, 0.29) is 0 Å². The highest BCUT2D eigenvalue weighted by Crippen LogP contribution is 2.24. The van der Waals surface area contributed by atoms with Gasteiger partial charge in [-0.1, -0.05) is 59.3 Å². The zero-order valence-electron chi connectivity index (χ0n) is 12.2. The van der Waals surface area contributed by atoms with Crippen molar-refractivity contribution in [3.8, 4) is 0 Å². The summed E-state index contributed by atoms with van der Waals surface area (Å²) in [4.78, 5) is 0. The number of nitrogens with one attached hydrogen (secondary N) is 1. The fourth-order valence-electron chi connectivity index (χ4n) is 2.60. The van der Waals surface area contributed by atoms with Crippen LogP contribution in [0, 0.1) is 6.92 Å². The van der Waals surface area contributed by atoms with Crippen LogP contribution in [0.1, 0.15) is 29.5 Å². The van der Waals surface area contributed by atoms with Crippen molar-refractivity contribution in [1.29, 1.82) is 0 Å². The summed E-state index contributed by atoms with van der Waals surface area (Å²) >= 11 is 3.56. The first-order valence-electron chi connectivity index (χ1n) is 7.21. The molecule has 1 N–H and O–H groups in total. The predicted octanol–water partition coefficient (Wildman–Crippen LogP) is 4.69. The van der Waals surface area contributed by atoms with E-state index in [1.807, 2.05) is 0 Å². The van der Waals surface area contributed by atoms with Crippen molar-refractivity contribution in [2.24, 2.45) is 0 Å². The quantitative estimate of drug-likeness (QED) is 0.809. The smallest absolute Gasteiger partial charge is 0.0177 e. The molecule has 0 spiro atoms. The van der Waals surface area contributed by atoms with Gasteiger partial charge in [0.1, 0.15) is 0 Å². The minimum absolute atomic E-state index is 0.519. The number of aryl methyl sites for hydroxylation is 1. The normalized spacial score (nSPS) is 12.3. The largest absolute Gasteiger partial charge is 0.316 e. The highest BCUT2D eigenvalue weighted by atomic mass is 79.9. The fraction of sp³-hybridized carbons (Fsp3) is 0.333. The van der Waals surface area contributed by atoms with Gasteiger partial charge >= 0.3 is 0 Å². The van der Waals surface area contributed by atoms with E-state index in [4.69, 9.17) is 0 Å². The summed E-state index contributed by atoms with van der Waals surface area (Å²) < 4.78 is 1.15. The predicted molar refractivity (Wildman–Crippen MR) is 90.3 cm³/mol. The van der Waals surface area contributed by atoms with Crippen molar-refractivity contribution in [3.05, 3.63) is 69.7 Å². The zero-order valence-corrected chi connectivity index (χ0v) is 13.8. The molecule has 106 valence electrons. The minimum Gasteiger partial charge on any atom is -0.316 e. The van der Waals surface area contributed by atoms with Crippen LogP contribution in [0.2, 0.25) is 0 Å². The molecule has 1 nitrogen and oxygen atoms in total. The topological polar surface area (TPSA) is 12.0 Å². The van der Waals surface area contributed by atoms with Gasteiger partial charge in [-0.25, -0.2) is 0 Å². The molecule has 1 unspecified atom stereocenters. The Morgan fingerprint density at radius 1 is 1.10 bits per heavy atom. The molecule has 0 bridgehead atoms. The summed E-state index contributed by atoms with van der Waals surface area (Å²) in [6.45, 7) is 6.40. The monoisotopic (exact) mass is 331 g/mol. The van der Waals surface area contributed by atoms with Crippen molar-refractivity contribution in [2.75, 3.05) is 13.1 Å². The Labute approximate surface area is 130 Å². The second-order valence-corrected chi connectivity index (χ2v) is 6.11. The van der Waals surface area contributed by atoms with E-state index in [0.717, 1.165) is 24.0 Å². The average molecular weight is 332 g/mol. The number of likely N-dealkylation sites (N-methyl/N-ethyl adjacent to an activating group) is 1. The Bertz CT molecular complexity index is 551. The van der Waals surface area contributed by atoms with Crippen molar-refractivity contribution < 1.29 is 0 Å². The van der Waals surface area contributed by atoms with Gasteiger partial charge in [0.05, 0.1) is 0 Å². The van der Waals surface area contributed by atoms with Crippen LogP contribution in [0.15, 0.2) is 53.0 Å². The van der Waals surface area contributed by atoms with E-state index >= 15 is 0 Å². The van der Waals surface area contributed by atoms with Gasteiger partial charge in [-0.3, -0.25) is 0 Å². The molecule has 0 amide bonds. The summed E-state index contributed by atoms with van der Waals surface area (Å²) in [7, 11) is 0. The number of benzene rings is 2. The van der Waals surface area contributed by atoms with E-state index < -0.39 is 0 Å². The van der Waals surface area contributed by atoms with Crippen molar-refractivity contribution in [2.45, 2.75) is 26.2 Å². The molecule has 0 saturated carbocycles. The van der Waals surface area contributed by atoms with Gasteiger partial charge in [-0.05, 0) is 48.7 Å². The molecular weight excluding hydrogens is 310 g/mol. The van der Waals surface area contributed by atoms with E-state index in [0.29, 0.717) is 5.92 Å². The molecule has 0 aliphatic heterocycles. The van der Waals surface area contributed by atoms with Crippen LogP contribution in [-0.4, -0.2) is 13.1 Å². The maximum atomic E-state index is 3.56. The Morgan fingerprint density at radius 2 is 1.90 bits per heavy atom. The van der Waals surface area contributed by atoms with Crippen LogP contribution in [0.3, 0.4) is 0 Å². The van der Waals surface area contributed by atoms with Crippen LogP contribution in [0.4, 0.5) is 0 Å². The number of rotatable bonds is 6. The van der Waals surface area contributed by atoms with Gasteiger partial charge in [0.25, 0.3) is 0 Å². The Balaban J connectivity index is 2.22. The van der Waals surface area contributed by atoms with Gasteiger partial charge in [0.15, 0.2) is 0 Å². The molecule has 0 aliphatic rings. The molecule has 0 aliphatic carbocycles. The van der Waals surface area contributed by atoms with Crippen molar-refractivity contribution in [3.63, 3.8) is 0 Å². The Hall–Kier alpha value is -1.12. The van der Waals surface area contributed by atoms with Crippen LogP contribution in [-0.2, 0) is 6.42 Å². The third kappa shape index (κ3) is 4.19. The first-order chi connectivity index (χ1) is 9.70. The SMILES string of the molecule is CCNCC(Cc1cccc(Br)c1)c1ccccc1C. The van der Waals surface area contributed by atoms with Crippen LogP contribution >= 0.6 is 15.9 Å². The van der Waals surface area contributed by atoms with Crippen LogP contribution < -0.4 is 5.32 Å². The minimum atomic E-state index is 0.519. The molecule has 0 saturated heterocycles. The molecule has 1 atom stereocenters. The lowest BCUT2D eigenvalue weighted by atomic mass is 9.89. The van der Waals surface area contributed by atoms with Gasteiger partial charge in [0.2, 0.25) is 0 Å². The Morgan fingerprint density at radius 3 is 2.60 bits per heavy atom. The third-order valence-corrected chi connectivity index (χ3v) is 4.13. The molecule has 20 heavy (non-hydrogen) atoms. The van der Waals surface area contributed by atoms with Crippen molar-refractivity contribution >= 4 is 15.9 Å². The second kappa shape index (κ2) is 7.61. The van der Waals surface area contributed by atoms with Crippen LogP contribution in [0.5, 0.6) is 0 Å². The number of hydrogen-bond acceptors (Lipinski definition) is 1. The molecule has 2 aromatic rings. The summed E-state index contributed by atoms with van der Waals surface area (Å²) in [6, 6.07) is 17.3. The lowest BCUT2D eigenvalue weighted by molar-refractivity contribution is 0.592. The van der Waals surface area contributed by atoms with Gasteiger partial charge in [0, 0.05) is 16.9 Å². The number of hydrogen-bond donors (Lipinski definition) is 1. The summed E-state index contributed by atoms with van der Waals surface area (Å²) in [5.41, 5.74) is 4.21. The zero-order chi connectivity index (χ0) is 14.4. The van der Waals surface area contributed by atoms with Gasteiger partial charge < -0.3 is 5.32 Å². The van der Waals surface area contributed by atoms with E-state index in [9.17, 15) is 0 Å². The summed E-state index contributed by atoms with van der Waals surface area (Å²) in [5.74, 6) is 0.519. The summed E-state index contributed by atoms with van der Waals surface area (Å²) in [5, 5.41) is 3.50. The standard InChI is InChI=1S/C18H22BrN/c1-3-20-13-16(18-10-5-4-7-14(18)2)11-15-8-6-9-17(19)12-15/h4-10,12,16,20H,3,11,13H2,1-2H3. The fourth-order valence-corrected chi connectivity index (χ4v) is 3.05. The first kappa shape index (κ1) is 15.3.